The van der Waals surface area contributed by atoms with Gasteiger partial charge in [0.1, 0.15) is 5.92 Å². The van der Waals surface area contributed by atoms with Crippen molar-refractivity contribution in [2.24, 2.45) is 5.92 Å². The van der Waals surface area contributed by atoms with Gasteiger partial charge in [-0.25, -0.2) is 4.68 Å². The van der Waals surface area contributed by atoms with Crippen LogP contribution in [0.1, 0.15) is 41.4 Å². The minimum absolute atomic E-state index is 0.0263. The van der Waals surface area contributed by atoms with E-state index in [4.69, 9.17) is 0 Å². The molecule has 1 unspecified atom stereocenters. The first kappa shape index (κ1) is 23.2. The molecule has 2 heterocycles. The molecule has 1 aliphatic heterocycles. The fourth-order valence-electron chi connectivity index (χ4n) is 4.10. The maximum absolute atomic E-state index is 12.9. The lowest BCUT2D eigenvalue weighted by molar-refractivity contribution is -0.132. The molecule has 3 aromatic rings. The van der Waals surface area contributed by atoms with Crippen LogP contribution in [0.25, 0.3) is 10.8 Å². The zero-order chi connectivity index (χ0) is 24.4. The first-order chi connectivity index (χ1) is 16.3. The SMILES string of the molecule is CCCn1nc(C(=O)NNC(=O)C2CCN(c3ccc(C)c(C)c3)C2=O)c2ccccc2c1=O. The molecule has 1 atom stereocenters. The molecule has 176 valence electrons. The third kappa shape index (κ3) is 4.28. The summed E-state index contributed by atoms with van der Waals surface area (Å²) in [6, 6.07) is 12.4. The zero-order valence-electron chi connectivity index (χ0n) is 19.4. The number of nitrogens with one attached hydrogen (secondary N) is 2. The second-order valence-electron chi connectivity index (χ2n) is 8.47. The molecule has 9 nitrogen and oxygen atoms in total. The Labute approximate surface area is 196 Å². The van der Waals surface area contributed by atoms with Gasteiger partial charge in [0.25, 0.3) is 17.4 Å². The average molecular weight is 462 g/mol. The number of aromatic nitrogens is 2. The molecule has 2 aromatic carbocycles. The van der Waals surface area contributed by atoms with Gasteiger partial charge in [0.15, 0.2) is 5.69 Å². The maximum atomic E-state index is 12.9. The number of benzene rings is 2. The van der Waals surface area contributed by atoms with E-state index in [2.05, 4.69) is 16.0 Å². The van der Waals surface area contributed by atoms with Crippen LogP contribution in [0, 0.1) is 19.8 Å². The van der Waals surface area contributed by atoms with Crippen LogP contribution in [-0.2, 0) is 16.1 Å². The van der Waals surface area contributed by atoms with Crippen molar-refractivity contribution in [2.75, 3.05) is 11.4 Å². The third-order valence-electron chi connectivity index (χ3n) is 6.14. The van der Waals surface area contributed by atoms with Crippen LogP contribution < -0.4 is 21.3 Å². The Kier molecular flexibility index (Phi) is 6.45. The number of carbonyl (C=O) groups excluding carboxylic acids is 3. The highest BCUT2D eigenvalue weighted by atomic mass is 16.2. The van der Waals surface area contributed by atoms with Crippen molar-refractivity contribution in [3.63, 3.8) is 0 Å². The monoisotopic (exact) mass is 461 g/mol. The molecule has 3 amide bonds. The molecular formula is C25H27N5O4. The lowest BCUT2D eigenvalue weighted by Gasteiger charge is -2.18. The summed E-state index contributed by atoms with van der Waals surface area (Å²) in [5.41, 5.74) is 7.41. The number of aryl methyl sites for hydroxylation is 3. The van der Waals surface area contributed by atoms with E-state index in [0.29, 0.717) is 36.7 Å². The minimum Gasteiger partial charge on any atom is -0.312 e. The lowest BCUT2D eigenvalue weighted by Crippen LogP contribution is -2.47. The Morgan fingerprint density at radius 1 is 1.03 bits per heavy atom. The predicted molar refractivity (Wildman–Crippen MR) is 128 cm³/mol. The normalized spacial score (nSPS) is 15.6. The van der Waals surface area contributed by atoms with E-state index in [1.54, 1.807) is 29.2 Å². The van der Waals surface area contributed by atoms with Crippen molar-refractivity contribution in [1.82, 2.24) is 20.6 Å². The van der Waals surface area contributed by atoms with Crippen molar-refractivity contribution in [2.45, 2.75) is 40.2 Å². The highest BCUT2D eigenvalue weighted by Crippen LogP contribution is 2.27. The number of carbonyl (C=O) groups is 3. The van der Waals surface area contributed by atoms with Crippen LogP contribution in [-0.4, -0.2) is 34.0 Å². The highest BCUT2D eigenvalue weighted by molar-refractivity contribution is 6.10. The fraction of sp³-hybridized carbons (Fsp3) is 0.320. The number of anilines is 1. The summed E-state index contributed by atoms with van der Waals surface area (Å²) >= 11 is 0. The van der Waals surface area contributed by atoms with E-state index in [9.17, 15) is 19.2 Å². The van der Waals surface area contributed by atoms with E-state index in [0.717, 1.165) is 16.8 Å². The Balaban J connectivity index is 1.48. The summed E-state index contributed by atoms with van der Waals surface area (Å²) in [4.78, 5) is 52.7. The highest BCUT2D eigenvalue weighted by Gasteiger charge is 2.38. The predicted octanol–water partition coefficient (Wildman–Crippen LogP) is 2.24. The Morgan fingerprint density at radius 2 is 1.76 bits per heavy atom. The molecule has 0 bridgehead atoms. The smallest absolute Gasteiger partial charge is 0.290 e. The van der Waals surface area contributed by atoms with Crippen molar-refractivity contribution in [3.8, 4) is 0 Å². The number of hydrogen-bond donors (Lipinski definition) is 2. The molecule has 1 aliphatic rings. The quantitative estimate of drug-likeness (QED) is 0.447. The van der Waals surface area contributed by atoms with Crippen LogP contribution in [0.2, 0.25) is 0 Å². The molecule has 0 saturated carbocycles. The second kappa shape index (κ2) is 9.46. The van der Waals surface area contributed by atoms with E-state index >= 15 is 0 Å². The summed E-state index contributed by atoms with van der Waals surface area (Å²) in [6.07, 6.45) is 1.01. The van der Waals surface area contributed by atoms with Gasteiger partial charge in [0, 0.05) is 24.2 Å². The van der Waals surface area contributed by atoms with Gasteiger partial charge in [-0.1, -0.05) is 31.2 Å². The first-order valence-electron chi connectivity index (χ1n) is 11.3. The molecule has 2 N–H and O–H groups in total. The molecule has 4 rings (SSSR count). The van der Waals surface area contributed by atoms with Crippen molar-refractivity contribution in [1.29, 1.82) is 0 Å². The fourth-order valence-corrected chi connectivity index (χ4v) is 4.10. The molecule has 34 heavy (non-hydrogen) atoms. The largest absolute Gasteiger partial charge is 0.312 e. The molecular weight excluding hydrogens is 434 g/mol. The number of fused-ring (bicyclic) bond motifs is 1. The number of amides is 3. The molecule has 9 heteroatoms. The number of nitrogens with zero attached hydrogens (tertiary/aromatic N) is 3. The zero-order valence-corrected chi connectivity index (χ0v) is 19.4. The summed E-state index contributed by atoms with van der Waals surface area (Å²) < 4.78 is 1.25. The summed E-state index contributed by atoms with van der Waals surface area (Å²) in [7, 11) is 0. The van der Waals surface area contributed by atoms with Crippen molar-refractivity contribution in [3.05, 3.63) is 69.6 Å². The van der Waals surface area contributed by atoms with Crippen LogP contribution in [0.4, 0.5) is 5.69 Å². The average Bonchev–Trinajstić information content (AvgIpc) is 3.22. The van der Waals surface area contributed by atoms with Gasteiger partial charge in [-0.05, 0) is 56.0 Å². The number of hydrogen-bond acceptors (Lipinski definition) is 5. The molecule has 0 spiro atoms. The summed E-state index contributed by atoms with van der Waals surface area (Å²) in [6.45, 7) is 6.66. The van der Waals surface area contributed by atoms with E-state index in [1.807, 2.05) is 39.0 Å². The van der Waals surface area contributed by atoms with Crippen molar-refractivity contribution >= 4 is 34.2 Å². The van der Waals surface area contributed by atoms with Gasteiger partial charge in [-0.15, -0.1) is 0 Å². The molecule has 0 aliphatic carbocycles. The van der Waals surface area contributed by atoms with E-state index in [1.165, 1.54) is 4.68 Å². The lowest BCUT2D eigenvalue weighted by atomic mass is 10.1. The Hall–Kier alpha value is -4.01. The summed E-state index contributed by atoms with van der Waals surface area (Å²) in [5.74, 6) is -2.46. The second-order valence-corrected chi connectivity index (χ2v) is 8.47. The van der Waals surface area contributed by atoms with Gasteiger partial charge in [-0.3, -0.25) is 30.0 Å². The van der Waals surface area contributed by atoms with Gasteiger partial charge >= 0.3 is 0 Å². The van der Waals surface area contributed by atoms with Crippen LogP contribution in [0.5, 0.6) is 0 Å². The Morgan fingerprint density at radius 3 is 2.47 bits per heavy atom. The molecule has 1 aromatic heterocycles. The van der Waals surface area contributed by atoms with Gasteiger partial charge in [0.05, 0.1) is 5.39 Å². The summed E-state index contributed by atoms with van der Waals surface area (Å²) in [5, 5.41) is 4.98. The van der Waals surface area contributed by atoms with Gasteiger partial charge in [0.2, 0.25) is 5.91 Å². The Bertz CT molecular complexity index is 1350. The van der Waals surface area contributed by atoms with Crippen molar-refractivity contribution < 1.29 is 14.4 Å². The molecule has 1 saturated heterocycles. The van der Waals surface area contributed by atoms with Crippen LogP contribution in [0.3, 0.4) is 0 Å². The van der Waals surface area contributed by atoms with E-state index < -0.39 is 17.7 Å². The third-order valence-corrected chi connectivity index (χ3v) is 6.14. The molecule has 0 radical (unpaired) electrons. The minimum atomic E-state index is -0.902. The number of rotatable bonds is 5. The maximum Gasteiger partial charge on any atom is 0.290 e. The number of hydrazine groups is 1. The topological polar surface area (TPSA) is 113 Å². The van der Waals surface area contributed by atoms with E-state index in [-0.39, 0.29) is 17.2 Å². The van der Waals surface area contributed by atoms with Gasteiger partial charge in [-0.2, -0.15) is 5.10 Å². The van der Waals surface area contributed by atoms with Crippen LogP contribution in [0.15, 0.2) is 47.3 Å². The van der Waals surface area contributed by atoms with Gasteiger partial charge < -0.3 is 4.90 Å². The van der Waals surface area contributed by atoms with Crippen LogP contribution >= 0.6 is 0 Å². The standard InChI is InChI=1S/C25H27N5O4/c1-4-12-30-25(34)19-8-6-5-7-18(19)21(28-30)23(32)27-26-22(31)20-11-13-29(24(20)33)17-10-9-15(2)16(3)14-17/h5-10,14,20H,4,11-13H2,1-3H3,(H,26,31)(H,27,32). The molecule has 1 fully saturated rings. The first-order valence-corrected chi connectivity index (χ1v) is 11.3.